The maximum absolute atomic E-state index is 12.3. The van der Waals surface area contributed by atoms with Crippen molar-refractivity contribution in [3.8, 4) is 5.75 Å². The summed E-state index contributed by atoms with van der Waals surface area (Å²) in [5.41, 5.74) is 2.83. The summed E-state index contributed by atoms with van der Waals surface area (Å²) in [6.45, 7) is 3.87. The summed E-state index contributed by atoms with van der Waals surface area (Å²) in [4.78, 5) is 14.3. The largest absolute Gasteiger partial charge is 0.508 e. The molecule has 1 N–H and O–H groups in total. The number of phenols is 1. The van der Waals surface area contributed by atoms with E-state index in [2.05, 4.69) is 6.58 Å². The maximum Gasteiger partial charge on any atom is 0.193 e. The molecule has 2 aromatic rings. The summed E-state index contributed by atoms with van der Waals surface area (Å²) < 4.78 is 0. The van der Waals surface area contributed by atoms with E-state index in [-0.39, 0.29) is 11.5 Å². The quantitative estimate of drug-likeness (QED) is 0.682. The molecular weight excluding hydrogens is 250 g/mol. The van der Waals surface area contributed by atoms with Crippen LogP contribution in [-0.4, -0.2) is 25.0 Å². The van der Waals surface area contributed by atoms with Gasteiger partial charge in [0, 0.05) is 30.9 Å². The van der Waals surface area contributed by atoms with Crippen LogP contribution in [-0.2, 0) is 0 Å². The Bertz CT molecular complexity index is 625. The van der Waals surface area contributed by atoms with E-state index in [1.807, 2.05) is 43.3 Å². The molecule has 0 aliphatic heterocycles. The van der Waals surface area contributed by atoms with Gasteiger partial charge in [-0.2, -0.15) is 0 Å². The number of rotatable bonds is 4. The fourth-order valence-electron chi connectivity index (χ4n) is 1.88. The average Bonchev–Trinajstić information content (AvgIpc) is 2.46. The Labute approximate surface area is 118 Å². The number of aromatic hydroxyl groups is 1. The van der Waals surface area contributed by atoms with Crippen LogP contribution in [0.5, 0.6) is 5.75 Å². The molecule has 0 saturated heterocycles. The number of carbonyl (C=O) groups is 1. The Morgan fingerprint density at radius 3 is 1.95 bits per heavy atom. The number of allylic oxidation sites excluding steroid dienone is 1. The molecule has 0 saturated carbocycles. The number of nitrogens with zero attached hydrogens (tertiary/aromatic N) is 1. The summed E-state index contributed by atoms with van der Waals surface area (Å²) in [5.74, 6) is 0.00472. The van der Waals surface area contributed by atoms with Crippen LogP contribution in [0.25, 0.3) is 5.57 Å². The first-order valence-electron chi connectivity index (χ1n) is 6.29. The van der Waals surface area contributed by atoms with Crippen LogP contribution >= 0.6 is 0 Å². The van der Waals surface area contributed by atoms with E-state index in [9.17, 15) is 9.90 Å². The van der Waals surface area contributed by atoms with Crippen molar-refractivity contribution < 1.29 is 9.90 Å². The van der Waals surface area contributed by atoms with Crippen molar-refractivity contribution >= 4 is 17.0 Å². The van der Waals surface area contributed by atoms with Crippen molar-refractivity contribution in [3.05, 3.63) is 66.2 Å². The molecule has 102 valence electrons. The van der Waals surface area contributed by atoms with E-state index in [4.69, 9.17) is 0 Å². The molecule has 2 aromatic carbocycles. The van der Waals surface area contributed by atoms with E-state index in [0.717, 1.165) is 11.3 Å². The van der Waals surface area contributed by atoms with E-state index in [1.165, 1.54) is 12.1 Å². The smallest absolute Gasteiger partial charge is 0.193 e. The highest BCUT2D eigenvalue weighted by Gasteiger charge is 2.12. The second-order valence-electron chi connectivity index (χ2n) is 4.80. The zero-order valence-electron chi connectivity index (χ0n) is 11.6. The number of anilines is 1. The van der Waals surface area contributed by atoms with Crippen LogP contribution in [0, 0.1) is 0 Å². The SMILES string of the molecule is C=C(C(=O)c1ccc(O)cc1)c1ccc(N(C)C)cc1. The molecule has 20 heavy (non-hydrogen) atoms. The van der Waals surface area contributed by atoms with Gasteiger partial charge in [0.1, 0.15) is 5.75 Å². The minimum atomic E-state index is -0.136. The fourth-order valence-corrected chi connectivity index (χ4v) is 1.88. The van der Waals surface area contributed by atoms with Crippen molar-refractivity contribution in [2.45, 2.75) is 0 Å². The zero-order chi connectivity index (χ0) is 14.7. The average molecular weight is 267 g/mol. The van der Waals surface area contributed by atoms with Crippen molar-refractivity contribution in [3.63, 3.8) is 0 Å². The maximum atomic E-state index is 12.3. The van der Waals surface area contributed by atoms with Crippen molar-refractivity contribution in [1.29, 1.82) is 0 Å². The fraction of sp³-hybridized carbons (Fsp3) is 0.118. The molecule has 0 heterocycles. The molecule has 0 bridgehead atoms. The molecule has 0 spiro atoms. The monoisotopic (exact) mass is 267 g/mol. The van der Waals surface area contributed by atoms with Gasteiger partial charge in [-0.05, 0) is 42.0 Å². The summed E-state index contributed by atoms with van der Waals surface area (Å²) in [6.07, 6.45) is 0. The van der Waals surface area contributed by atoms with Crippen molar-refractivity contribution in [2.75, 3.05) is 19.0 Å². The van der Waals surface area contributed by atoms with Gasteiger partial charge >= 0.3 is 0 Å². The van der Waals surface area contributed by atoms with Crippen LogP contribution in [0.4, 0.5) is 5.69 Å². The third-order valence-electron chi connectivity index (χ3n) is 3.14. The molecule has 0 aliphatic carbocycles. The lowest BCUT2D eigenvalue weighted by atomic mass is 9.98. The van der Waals surface area contributed by atoms with E-state index >= 15 is 0 Å². The minimum absolute atomic E-state index is 0.136. The number of phenolic OH excluding ortho intramolecular Hbond substituents is 1. The third-order valence-corrected chi connectivity index (χ3v) is 3.14. The molecule has 0 amide bonds. The first kappa shape index (κ1) is 13.9. The molecule has 0 atom stereocenters. The Morgan fingerprint density at radius 1 is 0.950 bits per heavy atom. The number of hydrogen-bond donors (Lipinski definition) is 1. The number of benzene rings is 2. The van der Waals surface area contributed by atoms with Gasteiger partial charge in [0.15, 0.2) is 5.78 Å². The lowest BCUT2D eigenvalue weighted by molar-refractivity contribution is 0.105. The lowest BCUT2D eigenvalue weighted by Gasteiger charge is -2.13. The molecule has 2 rings (SSSR count). The molecular formula is C17H17NO2. The standard InChI is InChI=1S/C17H17NO2/c1-12(13-4-8-15(9-5-13)18(2)3)17(20)14-6-10-16(19)11-7-14/h4-11,19H,1H2,2-3H3. The zero-order valence-corrected chi connectivity index (χ0v) is 11.6. The Kier molecular flexibility index (Phi) is 3.89. The Balaban J connectivity index is 2.22. The third kappa shape index (κ3) is 2.88. The van der Waals surface area contributed by atoms with Crippen molar-refractivity contribution in [1.82, 2.24) is 0 Å². The van der Waals surface area contributed by atoms with Crippen LogP contribution in [0.1, 0.15) is 15.9 Å². The van der Waals surface area contributed by atoms with Gasteiger partial charge in [0.25, 0.3) is 0 Å². The number of carbonyl (C=O) groups excluding carboxylic acids is 1. The van der Waals surface area contributed by atoms with Gasteiger partial charge in [0.2, 0.25) is 0 Å². The Hall–Kier alpha value is -2.55. The van der Waals surface area contributed by atoms with Crippen LogP contribution in [0.3, 0.4) is 0 Å². The molecule has 0 radical (unpaired) electrons. The second kappa shape index (κ2) is 5.61. The first-order valence-corrected chi connectivity index (χ1v) is 6.29. The summed E-state index contributed by atoms with van der Waals surface area (Å²) in [6, 6.07) is 13.8. The summed E-state index contributed by atoms with van der Waals surface area (Å²) in [7, 11) is 3.93. The molecule has 0 fully saturated rings. The highest BCUT2D eigenvalue weighted by Crippen LogP contribution is 2.22. The normalized spacial score (nSPS) is 10.1. The predicted molar refractivity (Wildman–Crippen MR) is 82.2 cm³/mol. The second-order valence-corrected chi connectivity index (χ2v) is 4.80. The van der Waals surface area contributed by atoms with E-state index in [0.29, 0.717) is 11.1 Å². The summed E-state index contributed by atoms with van der Waals surface area (Å²) in [5, 5.41) is 9.24. The number of Topliss-reactive ketones (excluding diaryl/α,β-unsaturated/α-hetero) is 1. The molecule has 0 aromatic heterocycles. The molecule has 3 nitrogen and oxygen atoms in total. The van der Waals surface area contributed by atoms with Gasteiger partial charge in [-0.3, -0.25) is 4.79 Å². The number of ketones is 1. The van der Waals surface area contributed by atoms with Crippen LogP contribution in [0.15, 0.2) is 55.1 Å². The topological polar surface area (TPSA) is 40.5 Å². The van der Waals surface area contributed by atoms with Crippen LogP contribution < -0.4 is 4.90 Å². The lowest BCUT2D eigenvalue weighted by Crippen LogP contribution is -2.08. The van der Waals surface area contributed by atoms with Gasteiger partial charge in [-0.1, -0.05) is 18.7 Å². The predicted octanol–water partition coefficient (Wildman–Crippen LogP) is 3.35. The van der Waals surface area contributed by atoms with Crippen molar-refractivity contribution in [2.24, 2.45) is 0 Å². The first-order chi connectivity index (χ1) is 9.49. The molecule has 0 aliphatic rings. The highest BCUT2D eigenvalue weighted by molar-refractivity contribution is 6.28. The summed E-state index contributed by atoms with van der Waals surface area (Å²) >= 11 is 0. The minimum Gasteiger partial charge on any atom is -0.508 e. The Morgan fingerprint density at radius 2 is 1.45 bits per heavy atom. The molecule has 3 heteroatoms. The van der Waals surface area contributed by atoms with Gasteiger partial charge in [-0.15, -0.1) is 0 Å². The van der Waals surface area contributed by atoms with E-state index in [1.54, 1.807) is 12.1 Å². The highest BCUT2D eigenvalue weighted by atomic mass is 16.3. The van der Waals surface area contributed by atoms with Crippen LogP contribution in [0.2, 0.25) is 0 Å². The molecule has 0 unspecified atom stereocenters. The van der Waals surface area contributed by atoms with Gasteiger partial charge in [0.05, 0.1) is 0 Å². The number of hydrogen-bond acceptors (Lipinski definition) is 3. The van der Waals surface area contributed by atoms with Gasteiger partial charge < -0.3 is 10.0 Å². The van der Waals surface area contributed by atoms with Gasteiger partial charge in [-0.25, -0.2) is 0 Å². The van der Waals surface area contributed by atoms with E-state index < -0.39 is 0 Å².